The van der Waals surface area contributed by atoms with E-state index in [9.17, 15) is 19.5 Å². The van der Waals surface area contributed by atoms with E-state index in [0.717, 1.165) is 5.56 Å². The zero-order valence-corrected chi connectivity index (χ0v) is 23.6. The van der Waals surface area contributed by atoms with Crippen LogP contribution in [0.15, 0.2) is 59.2 Å². The molecule has 1 atom stereocenters. The lowest BCUT2D eigenvalue weighted by Gasteiger charge is -2.33. The highest BCUT2D eigenvalue weighted by atomic mass is 79.9. The Hall–Kier alpha value is -4.63. The van der Waals surface area contributed by atoms with Crippen molar-refractivity contribution >= 4 is 51.6 Å². The molecule has 0 bridgehead atoms. The fourth-order valence-corrected chi connectivity index (χ4v) is 3.83. The number of carbonyl (C=O) groups is 3. The molecule has 0 radical (unpaired) electrons. The van der Waals surface area contributed by atoms with Gasteiger partial charge in [-0.05, 0) is 60.5 Å². The topological polar surface area (TPSA) is 152 Å². The monoisotopic (exact) mass is 609 g/mol. The lowest BCUT2D eigenvalue weighted by molar-refractivity contribution is -0.112. The number of amides is 1. The molecule has 0 aliphatic carbocycles. The van der Waals surface area contributed by atoms with Gasteiger partial charge in [-0.15, -0.1) is 6.42 Å². The number of hydrogen-bond acceptors (Lipinski definition) is 9. The van der Waals surface area contributed by atoms with E-state index >= 15 is 0 Å². The van der Waals surface area contributed by atoms with Gasteiger partial charge in [-0.25, -0.2) is 14.6 Å². The highest BCUT2D eigenvalue weighted by molar-refractivity contribution is 9.10. The second-order valence-electron chi connectivity index (χ2n) is 9.57. The number of anilines is 3. The van der Waals surface area contributed by atoms with Gasteiger partial charge in [0.2, 0.25) is 11.8 Å². The van der Waals surface area contributed by atoms with E-state index in [4.69, 9.17) is 15.9 Å². The lowest BCUT2D eigenvalue weighted by atomic mass is 9.99. The summed E-state index contributed by atoms with van der Waals surface area (Å²) in [6.45, 7) is 5.07. The minimum absolute atomic E-state index is 0.0164. The maximum atomic E-state index is 12.7. The first kappa shape index (κ1) is 29.9. The first-order chi connectivity index (χ1) is 18.9. The number of ether oxygens (including phenoxy) is 2. The van der Waals surface area contributed by atoms with Gasteiger partial charge < -0.3 is 25.2 Å². The highest BCUT2D eigenvalue weighted by Gasteiger charge is 2.34. The first-order valence-corrected chi connectivity index (χ1v) is 12.7. The van der Waals surface area contributed by atoms with Crippen LogP contribution in [0.1, 0.15) is 36.7 Å². The van der Waals surface area contributed by atoms with Crippen molar-refractivity contribution in [2.45, 2.75) is 38.5 Å². The van der Waals surface area contributed by atoms with Gasteiger partial charge in [0.1, 0.15) is 5.60 Å². The van der Waals surface area contributed by atoms with Crippen LogP contribution in [0.5, 0.6) is 5.88 Å². The largest absolute Gasteiger partial charge is 0.478 e. The molecule has 40 heavy (non-hydrogen) atoms. The summed E-state index contributed by atoms with van der Waals surface area (Å²) in [5.74, 6) is 1.41. The summed E-state index contributed by atoms with van der Waals surface area (Å²) in [7, 11) is 0. The molecule has 0 aliphatic heterocycles. The van der Waals surface area contributed by atoms with Gasteiger partial charge in [-0.1, -0.05) is 36.3 Å². The van der Waals surface area contributed by atoms with Crippen LogP contribution in [-0.2, 0) is 16.0 Å². The van der Waals surface area contributed by atoms with E-state index in [0.29, 0.717) is 10.8 Å². The van der Waals surface area contributed by atoms with Crippen LogP contribution < -0.4 is 20.7 Å². The van der Waals surface area contributed by atoms with Gasteiger partial charge in [0.15, 0.2) is 18.6 Å². The van der Waals surface area contributed by atoms with E-state index in [1.807, 2.05) is 6.07 Å². The normalized spacial score (nSPS) is 12.3. The number of aromatic nitrogens is 2. The summed E-state index contributed by atoms with van der Waals surface area (Å²) in [6, 6.07) is 13.2. The van der Waals surface area contributed by atoms with Gasteiger partial charge in [0, 0.05) is 17.8 Å². The number of nitrogens with one attached hydrogen (secondary N) is 3. The van der Waals surface area contributed by atoms with Crippen molar-refractivity contribution in [3.63, 3.8) is 0 Å². The molecule has 0 spiro atoms. The number of aromatic carboxylic acids is 1. The highest BCUT2D eigenvalue weighted by Crippen LogP contribution is 2.27. The molecule has 1 aromatic heterocycles. The van der Waals surface area contributed by atoms with Crippen molar-refractivity contribution in [2.75, 3.05) is 17.2 Å². The minimum Gasteiger partial charge on any atom is -0.478 e. The number of carboxylic acids is 1. The van der Waals surface area contributed by atoms with E-state index in [1.165, 1.54) is 18.3 Å². The molecule has 0 aliphatic rings. The van der Waals surface area contributed by atoms with E-state index < -0.39 is 23.3 Å². The SMILES string of the molecule is C#CCOc1nc(Nc2cc(NC(C=O)(Cc3ccccc3)NC(=O)OC(C)(C)C)cc(C(=O)O)c2)ncc1Br. The average molecular weight is 610 g/mol. The fraction of sp³-hybridized carbons (Fsp3) is 0.250. The van der Waals surface area contributed by atoms with E-state index in [-0.39, 0.29) is 41.8 Å². The maximum absolute atomic E-state index is 12.7. The molecule has 208 valence electrons. The van der Waals surface area contributed by atoms with Crippen LogP contribution in [0.2, 0.25) is 0 Å². The number of carbonyl (C=O) groups excluding carboxylic acids is 2. The van der Waals surface area contributed by atoms with Crippen LogP contribution in [0.25, 0.3) is 0 Å². The lowest BCUT2D eigenvalue weighted by Crippen LogP contribution is -2.58. The number of benzene rings is 2. The number of terminal acetylenes is 1. The van der Waals surface area contributed by atoms with Crippen molar-refractivity contribution in [1.82, 2.24) is 15.3 Å². The van der Waals surface area contributed by atoms with Gasteiger partial charge in [0.05, 0.1) is 16.2 Å². The van der Waals surface area contributed by atoms with Crippen LogP contribution in [-0.4, -0.2) is 51.3 Å². The summed E-state index contributed by atoms with van der Waals surface area (Å²) >= 11 is 3.28. The molecule has 0 saturated heterocycles. The van der Waals surface area contributed by atoms with Gasteiger partial charge in [-0.2, -0.15) is 4.98 Å². The number of halogens is 1. The van der Waals surface area contributed by atoms with Gasteiger partial charge in [0.25, 0.3) is 0 Å². The summed E-state index contributed by atoms with van der Waals surface area (Å²) in [6.07, 6.45) is 6.43. The van der Waals surface area contributed by atoms with Crippen LogP contribution in [0, 0.1) is 12.3 Å². The van der Waals surface area contributed by atoms with Crippen molar-refractivity contribution < 1.29 is 29.0 Å². The standard InChI is InChI=1S/C28H28BrN5O6/c1-5-11-39-23-22(29)16-30-25(32-23)31-20-12-19(24(36)37)13-21(14-20)33-28(17-35,15-18-9-7-6-8-10-18)34-26(38)40-27(2,3)4/h1,6-10,12-14,16-17,33H,11,15H2,2-4H3,(H,34,38)(H,36,37)(H,30,31,32). The quantitative estimate of drug-likeness (QED) is 0.136. The number of rotatable bonds is 11. The molecule has 11 nitrogen and oxygen atoms in total. The van der Waals surface area contributed by atoms with Crippen molar-refractivity contribution in [2.24, 2.45) is 0 Å². The maximum Gasteiger partial charge on any atom is 0.409 e. The predicted octanol–water partition coefficient (Wildman–Crippen LogP) is 4.77. The second kappa shape index (κ2) is 12.9. The molecule has 12 heteroatoms. The third-order valence-electron chi connectivity index (χ3n) is 5.06. The Morgan fingerprint density at radius 3 is 2.48 bits per heavy atom. The number of aldehydes is 1. The first-order valence-electron chi connectivity index (χ1n) is 12.0. The number of alkyl carbamates (subject to hydrolysis) is 1. The molecule has 1 unspecified atom stereocenters. The number of hydrogen-bond donors (Lipinski definition) is 4. The van der Waals surface area contributed by atoms with Crippen molar-refractivity contribution in [1.29, 1.82) is 0 Å². The molecule has 2 aromatic carbocycles. The predicted molar refractivity (Wildman–Crippen MR) is 153 cm³/mol. The van der Waals surface area contributed by atoms with Crippen LogP contribution >= 0.6 is 15.9 Å². The fourth-order valence-electron chi connectivity index (χ4n) is 3.53. The summed E-state index contributed by atoms with van der Waals surface area (Å²) < 4.78 is 11.2. The second-order valence-corrected chi connectivity index (χ2v) is 10.4. The van der Waals surface area contributed by atoms with Crippen LogP contribution in [0.4, 0.5) is 22.1 Å². The Morgan fingerprint density at radius 2 is 1.85 bits per heavy atom. The molecule has 3 aromatic rings. The zero-order chi connectivity index (χ0) is 29.3. The molecule has 3 rings (SSSR count). The molecule has 0 saturated carbocycles. The number of nitrogens with zero attached hydrogens (tertiary/aromatic N) is 2. The Balaban J connectivity index is 1.99. The van der Waals surface area contributed by atoms with Gasteiger partial charge >= 0.3 is 12.1 Å². The van der Waals surface area contributed by atoms with Crippen LogP contribution in [0.3, 0.4) is 0 Å². The third kappa shape index (κ3) is 8.71. The molecule has 1 heterocycles. The molecule has 1 amide bonds. The zero-order valence-electron chi connectivity index (χ0n) is 22.0. The van der Waals surface area contributed by atoms with E-state index in [1.54, 1.807) is 51.1 Å². The molecule has 4 N–H and O–H groups in total. The molecular weight excluding hydrogens is 582 g/mol. The Bertz CT molecular complexity index is 1420. The molecule has 0 fully saturated rings. The summed E-state index contributed by atoms with van der Waals surface area (Å²) in [5.41, 5.74) is -1.40. The Kier molecular flexibility index (Phi) is 9.68. The minimum atomic E-state index is -1.69. The van der Waals surface area contributed by atoms with E-state index in [2.05, 4.69) is 47.8 Å². The smallest absolute Gasteiger partial charge is 0.409 e. The average Bonchev–Trinajstić information content (AvgIpc) is 2.88. The Labute approximate surface area is 239 Å². The third-order valence-corrected chi connectivity index (χ3v) is 5.60. The van der Waals surface area contributed by atoms with Crippen molar-refractivity contribution in [3.05, 3.63) is 70.3 Å². The Morgan fingerprint density at radius 1 is 1.15 bits per heavy atom. The van der Waals surface area contributed by atoms with Crippen molar-refractivity contribution in [3.8, 4) is 18.2 Å². The summed E-state index contributed by atoms with van der Waals surface area (Å²) in [4.78, 5) is 45.7. The van der Waals surface area contributed by atoms with Gasteiger partial charge in [-0.3, -0.25) is 10.1 Å². The number of carboxylic acid groups (broad SMARTS) is 1. The molecular formula is C28H28BrN5O6. The summed E-state index contributed by atoms with van der Waals surface area (Å²) in [5, 5.41) is 18.3.